The van der Waals surface area contributed by atoms with E-state index in [-0.39, 0.29) is 39.0 Å². The molecule has 0 saturated carbocycles. The van der Waals surface area contributed by atoms with Crippen LogP contribution < -0.4 is 4.74 Å². The van der Waals surface area contributed by atoms with Crippen LogP contribution in [-0.2, 0) is 41.3 Å². The van der Waals surface area contributed by atoms with Gasteiger partial charge in [0.15, 0.2) is 6.79 Å². The van der Waals surface area contributed by atoms with E-state index in [1.54, 1.807) is 30.3 Å². The molecular formula is C31H36F6N4O5. The number of hydrogen-bond acceptors (Lipinski definition) is 7. The van der Waals surface area contributed by atoms with E-state index in [0.29, 0.717) is 50.7 Å². The van der Waals surface area contributed by atoms with Gasteiger partial charge in [0.05, 0.1) is 43.7 Å². The molecule has 3 aromatic rings. The van der Waals surface area contributed by atoms with Crippen LogP contribution >= 0.6 is 0 Å². The summed E-state index contributed by atoms with van der Waals surface area (Å²) in [6.45, 7) is 3.87. The van der Waals surface area contributed by atoms with Crippen LogP contribution in [0.4, 0.5) is 26.3 Å². The number of rotatable bonds is 13. The number of aromatic nitrogens is 2. The van der Waals surface area contributed by atoms with Crippen LogP contribution in [-0.4, -0.2) is 90.0 Å². The van der Waals surface area contributed by atoms with E-state index in [1.165, 1.54) is 4.90 Å². The normalized spacial score (nSPS) is 16.2. The molecule has 0 aliphatic carbocycles. The lowest BCUT2D eigenvalue weighted by atomic mass is 9.98. The van der Waals surface area contributed by atoms with E-state index in [1.807, 2.05) is 24.0 Å². The van der Waals surface area contributed by atoms with Crippen LogP contribution in [0.2, 0.25) is 0 Å². The van der Waals surface area contributed by atoms with Crippen molar-refractivity contribution in [1.82, 2.24) is 19.6 Å². The zero-order valence-corrected chi connectivity index (χ0v) is 25.4. The molecule has 1 amide bonds. The highest BCUT2D eigenvalue weighted by Crippen LogP contribution is 2.37. The first-order valence-electron chi connectivity index (χ1n) is 14.5. The van der Waals surface area contributed by atoms with Crippen molar-refractivity contribution in [3.8, 4) is 5.75 Å². The molecule has 0 unspecified atom stereocenters. The van der Waals surface area contributed by atoms with Crippen molar-refractivity contribution >= 4 is 5.91 Å². The summed E-state index contributed by atoms with van der Waals surface area (Å²) in [6.07, 6.45) is -6.48. The summed E-state index contributed by atoms with van der Waals surface area (Å²) in [7, 11) is 1.55. The van der Waals surface area contributed by atoms with Gasteiger partial charge in [-0.05, 0) is 48.7 Å². The molecule has 4 rings (SSSR count). The van der Waals surface area contributed by atoms with E-state index >= 15 is 0 Å². The van der Waals surface area contributed by atoms with Crippen LogP contribution in [0.25, 0.3) is 0 Å². The number of halogens is 6. The Morgan fingerprint density at radius 3 is 2.37 bits per heavy atom. The zero-order valence-electron chi connectivity index (χ0n) is 25.4. The fourth-order valence-corrected chi connectivity index (χ4v) is 5.23. The quantitative estimate of drug-likeness (QED) is 0.161. The number of benzene rings is 2. The third-order valence-corrected chi connectivity index (χ3v) is 7.54. The second-order valence-corrected chi connectivity index (χ2v) is 11.0. The molecule has 15 heteroatoms. The molecule has 1 aliphatic rings. The number of carbonyl (C=O) groups is 1. The Morgan fingerprint density at radius 1 is 1.00 bits per heavy atom. The smallest absolute Gasteiger partial charge is 0.416 e. The fourth-order valence-electron chi connectivity index (χ4n) is 5.23. The monoisotopic (exact) mass is 658 g/mol. The number of amides is 1. The number of piperazine rings is 1. The first-order valence-corrected chi connectivity index (χ1v) is 14.5. The number of carbonyl (C=O) groups excluding carboxylic acids is 1. The van der Waals surface area contributed by atoms with Gasteiger partial charge in [0, 0.05) is 56.7 Å². The summed E-state index contributed by atoms with van der Waals surface area (Å²) in [4.78, 5) is 17.1. The van der Waals surface area contributed by atoms with E-state index in [0.717, 1.165) is 16.7 Å². The van der Waals surface area contributed by atoms with Gasteiger partial charge < -0.3 is 24.2 Å². The maximum Gasteiger partial charge on any atom is 0.416 e. The van der Waals surface area contributed by atoms with Gasteiger partial charge in [0.1, 0.15) is 5.75 Å². The predicted molar refractivity (Wildman–Crippen MR) is 154 cm³/mol. The van der Waals surface area contributed by atoms with Gasteiger partial charge in [-0.25, -0.2) is 0 Å². The van der Waals surface area contributed by atoms with Crippen molar-refractivity contribution in [3.63, 3.8) is 0 Å². The highest BCUT2D eigenvalue weighted by Gasteiger charge is 2.39. The Hall–Kier alpha value is -3.66. The van der Waals surface area contributed by atoms with E-state index < -0.39 is 41.0 Å². The van der Waals surface area contributed by atoms with Gasteiger partial charge >= 0.3 is 12.4 Å². The average Bonchev–Trinajstić information content (AvgIpc) is 3.44. The standard InChI is InChI=1S/C31H36F6N4O5/c1-21-3-4-22(12-28(21)46-20-45-10-9-44-2)11-27-19-39(17-23-16-38-40(18-23)7-8-42)5-6-41(27)29(43)24-13-25(30(32,33)34)15-26(14-24)31(35,36)37/h3-4,12-16,18,27,42H,5-11,17,19-20H2,1-2H3/t27-/m1/s1. The minimum atomic E-state index is -5.08. The van der Waals surface area contributed by atoms with Gasteiger partial charge in [0.2, 0.25) is 0 Å². The fraction of sp³-hybridized carbons (Fsp3) is 0.484. The number of aliphatic hydroxyl groups excluding tert-OH is 1. The minimum Gasteiger partial charge on any atom is -0.467 e. The number of alkyl halides is 6. The first kappa shape index (κ1) is 35.2. The summed E-state index contributed by atoms with van der Waals surface area (Å²) >= 11 is 0. The van der Waals surface area contributed by atoms with Crippen molar-refractivity contribution in [2.24, 2.45) is 0 Å². The Bertz CT molecular complexity index is 1430. The van der Waals surface area contributed by atoms with Crippen LogP contribution in [0.15, 0.2) is 48.8 Å². The van der Waals surface area contributed by atoms with E-state index in [4.69, 9.17) is 14.2 Å². The molecule has 0 spiro atoms. The topological polar surface area (TPSA) is 89.3 Å². The molecule has 1 aromatic heterocycles. The Labute approximate surface area is 262 Å². The Kier molecular flexibility index (Phi) is 11.7. The molecule has 1 fully saturated rings. The summed E-state index contributed by atoms with van der Waals surface area (Å²) < 4.78 is 99.2. The van der Waals surface area contributed by atoms with Crippen LogP contribution in [0.1, 0.15) is 38.2 Å². The van der Waals surface area contributed by atoms with Gasteiger partial charge in [-0.3, -0.25) is 14.4 Å². The highest BCUT2D eigenvalue weighted by atomic mass is 19.4. The van der Waals surface area contributed by atoms with Crippen molar-refractivity contribution in [3.05, 3.63) is 82.2 Å². The largest absolute Gasteiger partial charge is 0.467 e. The molecule has 2 aromatic carbocycles. The number of methoxy groups -OCH3 is 1. The van der Waals surface area contributed by atoms with Crippen LogP contribution in [0, 0.1) is 6.92 Å². The maximum atomic E-state index is 13.7. The van der Waals surface area contributed by atoms with E-state index in [2.05, 4.69) is 5.10 Å². The maximum absolute atomic E-state index is 13.7. The summed E-state index contributed by atoms with van der Waals surface area (Å²) in [6, 6.07) is 5.78. The highest BCUT2D eigenvalue weighted by molar-refractivity contribution is 5.95. The van der Waals surface area contributed by atoms with Crippen LogP contribution in [0.5, 0.6) is 5.75 Å². The molecule has 1 saturated heterocycles. The van der Waals surface area contributed by atoms with Crippen molar-refractivity contribution in [2.75, 3.05) is 53.4 Å². The molecule has 252 valence electrons. The molecule has 1 N–H and O–H groups in total. The lowest BCUT2D eigenvalue weighted by Gasteiger charge is -2.42. The van der Waals surface area contributed by atoms with E-state index in [9.17, 15) is 36.2 Å². The van der Waals surface area contributed by atoms with Gasteiger partial charge in [-0.2, -0.15) is 31.4 Å². The number of ether oxygens (including phenoxy) is 3. The molecular weight excluding hydrogens is 622 g/mol. The Morgan fingerprint density at radius 2 is 1.72 bits per heavy atom. The molecule has 2 heterocycles. The number of nitrogens with zero attached hydrogens (tertiary/aromatic N) is 4. The first-order chi connectivity index (χ1) is 21.8. The van der Waals surface area contributed by atoms with Gasteiger partial charge in [-0.15, -0.1) is 0 Å². The molecule has 0 radical (unpaired) electrons. The minimum absolute atomic E-state index is 0.00990. The van der Waals surface area contributed by atoms with Gasteiger partial charge in [0.25, 0.3) is 5.91 Å². The third-order valence-electron chi connectivity index (χ3n) is 7.54. The second kappa shape index (κ2) is 15.3. The lowest BCUT2D eigenvalue weighted by molar-refractivity contribution is -0.143. The molecule has 9 nitrogen and oxygen atoms in total. The van der Waals surface area contributed by atoms with Gasteiger partial charge in [-0.1, -0.05) is 12.1 Å². The lowest BCUT2D eigenvalue weighted by Crippen LogP contribution is -2.55. The van der Waals surface area contributed by atoms with Crippen molar-refractivity contribution < 1.29 is 50.5 Å². The summed E-state index contributed by atoms with van der Waals surface area (Å²) in [5.74, 6) is -0.392. The predicted octanol–water partition coefficient (Wildman–Crippen LogP) is 4.79. The summed E-state index contributed by atoms with van der Waals surface area (Å²) in [5, 5.41) is 13.4. The summed E-state index contributed by atoms with van der Waals surface area (Å²) in [5.41, 5.74) is -1.37. The van der Waals surface area contributed by atoms with Crippen molar-refractivity contribution in [2.45, 2.75) is 44.8 Å². The number of hydrogen-bond donors (Lipinski definition) is 1. The second-order valence-electron chi connectivity index (χ2n) is 11.0. The Balaban J connectivity index is 1.61. The number of aryl methyl sites for hydroxylation is 1. The van der Waals surface area contributed by atoms with Crippen molar-refractivity contribution in [1.29, 1.82) is 0 Å². The molecule has 0 bridgehead atoms. The van der Waals surface area contributed by atoms with Crippen LogP contribution in [0.3, 0.4) is 0 Å². The SMILES string of the molecule is COCCOCOc1cc(C[C@@H]2CN(Cc3cnn(CCO)c3)CCN2C(=O)c2cc(C(F)(F)F)cc(C(F)(F)F)c2)ccc1C. The molecule has 46 heavy (non-hydrogen) atoms. The average molecular weight is 659 g/mol. The third kappa shape index (κ3) is 9.44. The molecule has 1 atom stereocenters. The number of aliphatic hydroxyl groups is 1. The molecule has 1 aliphatic heterocycles. The zero-order chi connectivity index (χ0) is 33.5.